The zero-order valence-electron chi connectivity index (χ0n) is 41.2. The van der Waals surface area contributed by atoms with E-state index in [-0.39, 0.29) is 19.4 Å². The maximum absolute atomic E-state index is 12.9. The smallest absolute Gasteiger partial charge is 0.306 e. The topological polar surface area (TPSA) is 231 Å². The molecule has 2 rings (SSSR count). The fourth-order valence-electron chi connectivity index (χ4n) is 7.32. The first kappa shape index (κ1) is 61.5. The summed E-state index contributed by atoms with van der Waals surface area (Å²) < 4.78 is 33.4. The van der Waals surface area contributed by atoms with Crippen LogP contribution in [0.2, 0.25) is 0 Å². The summed E-state index contributed by atoms with van der Waals surface area (Å²) in [6.07, 6.45) is 33.1. The van der Waals surface area contributed by atoms with Crippen LogP contribution in [0.1, 0.15) is 136 Å². The van der Waals surface area contributed by atoms with Crippen LogP contribution in [-0.4, -0.2) is 142 Å². The van der Waals surface area contributed by atoms with Crippen LogP contribution in [-0.2, 0) is 38.0 Å². The van der Waals surface area contributed by atoms with Crippen molar-refractivity contribution in [3.8, 4) is 0 Å². The molecule has 11 atom stereocenters. The van der Waals surface area contributed by atoms with Crippen molar-refractivity contribution in [3.05, 3.63) is 97.2 Å². The van der Waals surface area contributed by atoms with Crippen LogP contribution in [0.4, 0.5) is 0 Å². The predicted octanol–water partition coefficient (Wildman–Crippen LogP) is 6.98. The molecule has 0 aromatic heterocycles. The summed E-state index contributed by atoms with van der Waals surface area (Å²) >= 11 is 0. The monoisotopic (exact) mass is 975 g/mol. The fourth-order valence-corrected chi connectivity index (χ4v) is 7.32. The third-order valence-electron chi connectivity index (χ3n) is 11.4. The van der Waals surface area contributed by atoms with Crippen molar-refractivity contribution in [1.29, 1.82) is 0 Å². The van der Waals surface area contributed by atoms with E-state index in [1.807, 2.05) is 54.7 Å². The Morgan fingerprint density at radius 3 is 1.57 bits per heavy atom. The van der Waals surface area contributed by atoms with Gasteiger partial charge in [0.2, 0.25) is 0 Å². The highest BCUT2D eigenvalue weighted by Crippen LogP contribution is 2.26. The number of aliphatic hydroxyl groups is 7. The molecule has 0 aromatic carbocycles. The zero-order valence-corrected chi connectivity index (χ0v) is 41.2. The highest BCUT2D eigenvalue weighted by Gasteiger charge is 2.47. The summed E-state index contributed by atoms with van der Waals surface area (Å²) in [6, 6.07) is 0. The number of carbonyl (C=O) groups excluding carboxylic acids is 2. The van der Waals surface area contributed by atoms with Crippen LogP contribution >= 0.6 is 0 Å². The maximum atomic E-state index is 12.9. The van der Waals surface area contributed by atoms with Crippen LogP contribution in [0.15, 0.2) is 97.2 Å². The minimum absolute atomic E-state index is 0.0625. The number of ether oxygens (including phenoxy) is 6. The predicted molar refractivity (Wildman–Crippen MR) is 265 cm³/mol. The molecule has 0 aliphatic carbocycles. The van der Waals surface area contributed by atoms with Gasteiger partial charge in [-0.05, 0) is 57.8 Å². The molecule has 392 valence electrons. The van der Waals surface area contributed by atoms with Gasteiger partial charge in [0.25, 0.3) is 0 Å². The average molecular weight is 975 g/mol. The van der Waals surface area contributed by atoms with E-state index < -0.39 is 99.3 Å². The van der Waals surface area contributed by atoms with Gasteiger partial charge in [0.1, 0.15) is 55.4 Å². The molecule has 15 nitrogen and oxygen atoms in total. The molecule has 0 radical (unpaired) electrons. The standard InChI is InChI=1S/C54H86O15/c1-3-5-7-9-11-13-15-17-18-19-20-21-22-23-25-26-28-30-32-34-36-45(56)64-39-42(67-46(57)37-35-33-31-29-27-24-16-14-12-10-8-6-4-2)40-65-53-52(63)50(61)48(59)44(69-53)41-66-54-51(62)49(60)47(58)43(38-55)68-54/h5-8,10-14,16-18,24,27,29,31,42-44,47-55,58-63H,3-4,9,15,19-23,25-26,28,30,32-41H2,1-2H3/b7-5+,8-6+,12-10+,13-11+,16-14+,18-17+,27-24+,31-29+/t42?,43-,44-,47+,48+,49?,50?,51?,52?,53-,54-/m1/s1. The van der Waals surface area contributed by atoms with E-state index in [2.05, 4.69) is 56.4 Å². The van der Waals surface area contributed by atoms with Crippen LogP contribution < -0.4 is 0 Å². The second kappa shape index (κ2) is 40.1. The number of allylic oxidation sites excluding steroid dienone is 16. The Morgan fingerprint density at radius 2 is 0.957 bits per heavy atom. The minimum atomic E-state index is -1.78. The summed E-state index contributed by atoms with van der Waals surface area (Å²) in [5.74, 6) is -1.03. The van der Waals surface area contributed by atoms with Crippen LogP contribution in [0.25, 0.3) is 0 Å². The first-order chi connectivity index (χ1) is 33.5. The summed E-state index contributed by atoms with van der Waals surface area (Å²) in [6.45, 7) is 2.23. The summed E-state index contributed by atoms with van der Waals surface area (Å²) in [4.78, 5) is 25.7. The molecule has 5 unspecified atom stereocenters. The summed E-state index contributed by atoms with van der Waals surface area (Å²) in [7, 11) is 0. The van der Waals surface area contributed by atoms with Crippen LogP contribution in [0.5, 0.6) is 0 Å². The van der Waals surface area contributed by atoms with Crippen molar-refractivity contribution in [1.82, 2.24) is 0 Å². The van der Waals surface area contributed by atoms with Gasteiger partial charge < -0.3 is 64.2 Å². The van der Waals surface area contributed by atoms with Gasteiger partial charge in [-0.25, -0.2) is 0 Å². The van der Waals surface area contributed by atoms with Crippen LogP contribution in [0, 0.1) is 0 Å². The number of aliphatic hydroxyl groups excluding tert-OH is 7. The lowest BCUT2D eigenvalue weighted by molar-refractivity contribution is -0.332. The Bertz CT molecular complexity index is 1570. The third-order valence-corrected chi connectivity index (χ3v) is 11.4. The number of hydrogen-bond donors (Lipinski definition) is 7. The number of rotatable bonds is 37. The van der Waals surface area contributed by atoms with E-state index in [1.54, 1.807) is 0 Å². The Hall–Kier alpha value is -3.58. The molecule has 2 aliphatic heterocycles. The second-order valence-corrected chi connectivity index (χ2v) is 17.4. The molecule has 2 aliphatic rings. The van der Waals surface area contributed by atoms with Crippen molar-refractivity contribution in [3.63, 3.8) is 0 Å². The molecule has 2 heterocycles. The van der Waals surface area contributed by atoms with E-state index in [0.29, 0.717) is 19.3 Å². The molecule has 0 spiro atoms. The van der Waals surface area contributed by atoms with Gasteiger partial charge in [-0.15, -0.1) is 0 Å². The van der Waals surface area contributed by atoms with Gasteiger partial charge in [0.05, 0.1) is 19.8 Å². The molecule has 69 heavy (non-hydrogen) atoms. The van der Waals surface area contributed by atoms with Crippen molar-refractivity contribution in [2.75, 3.05) is 26.4 Å². The molecule has 0 amide bonds. The molecular weight excluding hydrogens is 889 g/mol. The Morgan fingerprint density at radius 1 is 0.478 bits per heavy atom. The molecule has 2 saturated heterocycles. The summed E-state index contributed by atoms with van der Waals surface area (Å²) in [5.41, 5.74) is 0. The highest BCUT2D eigenvalue weighted by atomic mass is 16.7. The molecule has 0 saturated carbocycles. The average Bonchev–Trinajstić information content (AvgIpc) is 3.34. The minimum Gasteiger partial charge on any atom is -0.462 e. The van der Waals surface area contributed by atoms with E-state index in [4.69, 9.17) is 28.4 Å². The first-order valence-corrected chi connectivity index (χ1v) is 25.4. The molecular formula is C54H86O15. The van der Waals surface area contributed by atoms with Gasteiger partial charge in [-0.3, -0.25) is 9.59 Å². The highest BCUT2D eigenvalue weighted by molar-refractivity contribution is 5.70. The van der Waals surface area contributed by atoms with Gasteiger partial charge >= 0.3 is 11.9 Å². The zero-order chi connectivity index (χ0) is 50.3. The number of unbranched alkanes of at least 4 members (excludes halogenated alkanes) is 11. The van der Waals surface area contributed by atoms with E-state index in [1.165, 1.54) is 38.5 Å². The molecule has 0 aromatic rings. The Kier molecular flexibility index (Phi) is 35.7. The largest absolute Gasteiger partial charge is 0.462 e. The fraction of sp³-hybridized carbons (Fsp3) is 0.667. The molecule has 15 heteroatoms. The Balaban J connectivity index is 1.81. The number of hydrogen-bond acceptors (Lipinski definition) is 15. The quantitative estimate of drug-likeness (QED) is 0.0144. The van der Waals surface area contributed by atoms with Gasteiger partial charge in [0, 0.05) is 12.8 Å². The summed E-state index contributed by atoms with van der Waals surface area (Å²) in [5, 5.41) is 72.0. The van der Waals surface area contributed by atoms with Crippen molar-refractivity contribution in [2.24, 2.45) is 0 Å². The normalized spacial score (nSPS) is 26.4. The first-order valence-electron chi connectivity index (χ1n) is 25.4. The van der Waals surface area contributed by atoms with E-state index in [9.17, 15) is 45.3 Å². The van der Waals surface area contributed by atoms with Gasteiger partial charge in [0.15, 0.2) is 18.7 Å². The lowest BCUT2D eigenvalue weighted by atomic mass is 9.98. The van der Waals surface area contributed by atoms with Crippen molar-refractivity contribution in [2.45, 2.75) is 203 Å². The van der Waals surface area contributed by atoms with Gasteiger partial charge in [-0.2, -0.15) is 0 Å². The van der Waals surface area contributed by atoms with Gasteiger partial charge in [-0.1, -0.05) is 162 Å². The van der Waals surface area contributed by atoms with Crippen LogP contribution in [0.3, 0.4) is 0 Å². The van der Waals surface area contributed by atoms with Crippen molar-refractivity contribution < 1.29 is 73.8 Å². The maximum Gasteiger partial charge on any atom is 0.306 e. The molecule has 0 bridgehead atoms. The lowest BCUT2D eigenvalue weighted by Gasteiger charge is -2.42. The molecule has 7 N–H and O–H groups in total. The Labute approximate surface area is 411 Å². The lowest BCUT2D eigenvalue weighted by Crippen LogP contribution is -2.61. The molecule has 2 fully saturated rings. The van der Waals surface area contributed by atoms with Crippen molar-refractivity contribution >= 4 is 11.9 Å². The number of carbonyl (C=O) groups is 2. The second-order valence-electron chi connectivity index (χ2n) is 17.4. The van der Waals surface area contributed by atoms with E-state index >= 15 is 0 Å². The SMILES string of the molecule is CC/C=C/C=C/C=C/C=C/C=C/CCCC(=O)OC(COC(=O)CCCCCCCCCCCC/C=C/C/C=C/C/C=C/CC)CO[C@@H]1O[C@H](CO[C@@H]2O[C@H](CO)[C@H](O)C(O)C2O)[C@H](O)C(O)C1O. The van der Waals surface area contributed by atoms with E-state index in [0.717, 1.165) is 51.4 Å². The third kappa shape index (κ3) is 28.2. The number of esters is 2.